The molecule has 0 aliphatic carbocycles. The Morgan fingerprint density at radius 2 is 0.774 bits per heavy atom. The molecule has 3 aliphatic rings. The molecule has 0 bridgehead atoms. The van der Waals surface area contributed by atoms with E-state index < -0.39 is 90.0 Å². The number of nitrogens with zero attached hydrogens (tertiary/aromatic N) is 3. The van der Waals surface area contributed by atoms with Gasteiger partial charge in [0.05, 0.1) is 45.4 Å². The molecule has 0 aromatic heterocycles. The van der Waals surface area contributed by atoms with Crippen LogP contribution in [0.3, 0.4) is 0 Å². The number of sulfone groups is 3. The quantitative estimate of drug-likeness (QED) is 0.0686. The van der Waals surface area contributed by atoms with Crippen molar-refractivity contribution in [3.8, 4) is 17.2 Å². The van der Waals surface area contributed by atoms with Crippen molar-refractivity contribution in [3.05, 3.63) is 179 Å². The first-order chi connectivity index (χ1) is 39.9. The van der Waals surface area contributed by atoms with Gasteiger partial charge in [0.2, 0.25) is 0 Å². The summed E-state index contributed by atoms with van der Waals surface area (Å²) in [6, 6.07) is 26.7. The van der Waals surface area contributed by atoms with Crippen LogP contribution in [-0.2, 0) is 63.7 Å². The first-order valence-electron chi connectivity index (χ1n) is 25.8. The van der Waals surface area contributed by atoms with Crippen molar-refractivity contribution in [1.82, 2.24) is 14.7 Å². The van der Waals surface area contributed by atoms with Crippen LogP contribution in [0.15, 0.2) is 142 Å². The summed E-state index contributed by atoms with van der Waals surface area (Å²) in [5.41, 5.74) is 2.13. The van der Waals surface area contributed by atoms with Crippen molar-refractivity contribution in [2.75, 3.05) is 59.1 Å². The van der Waals surface area contributed by atoms with Gasteiger partial charge in [0.15, 0.2) is 61.0 Å². The fraction of sp³-hybridized carbons (Fsp3) is 0.316. The fourth-order valence-electron chi connectivity index (χ4n) is 9.02. The number of rotatable bonds is 18. The first kappa shape index (κ1) is 64.0. The van der Waals surface area contributed by atoms with Crippen LogP contribution in [0.25, 0.3) is 0 Å². The van der Waals surface area contributed by atoms with Crippen LogP contribution in [-0.4, -0.2) is 148 Å². The lowest BCUT2D eigenvalue weighted by Gasteiger charge is -2.17. The zero-order chi connectivity index (χ0) is 60.9. The topological polar surface area (TPSA) is 252 Å². The van der Waals surface area contributed by atoms with Crippen LogP contribution in [0, 0.1) is 34.9 Å². The zero-order valence-corrected chi connectivity index (χ0v) is 47.0. The number of aliphatic hydroxyl groups excluding tert-OH is 3. The summed E-state index contributed by atoms with van der Waals surface area (Å²) in [6.07, 6.45) is 0.547. The summed E-state index contributed by atoms with van der Waals surface area (Å²) < 4.78 is 172. The number of amides is 3. The predicted molar refractivity (Wildman–Crippen MR) is 289 cm³/mol. The summed E-state index contributed by atoms with van der Waals surface area (Å²) in [4.78, 5) is 39.7. The molecule has 0 spiro atoms. The molecule has 3 unspecified atom stereocenters. The highest BCUT2D eigenvalue weighted by atomic mass is 32.2. The van der Waals surface area contributed by atoms with Gasteiger partial charge >= 0.3 is 0 Å². The summed E-state index contributed by atoms with van der Waals surface area (Å²) in [6.45, 7) is -0.600. The molecule has 3 aliphatic heterocycles. The van der Waals surface area contributed by atoms with Crippen molar-refractivity contribution in [2.24, 2.45) is 0 Å². The second kappa shape index (κ2) is 28.3. The van der Waals surface area contributed by atoms with Crippen LogP contribution >= 0.6 is 0 Å². The molecule has 3 fully saturated rings. The molecular formula is C57H57F6N3O15S3. The molecule has 84 heavy (non-hydrogen) atoms. The lowest BCUT2D eigenvalue weighted by Crippen LogP contribution is -2.35. The van der Waals surface area contributed by atoms with Gasteiger partial charge in [-0.05, 0) is 115 Å². The maximum absolute atomic E-state index is 13.9. The number of hydrogen-bond acceptors (Lipinski definition) is 15. The highest BCUT2D eigenvalue weighted by Gasteiger charge is 2.40. The Bertz CT molecular complexity index is 3620. The van der Waals surface area contributed by atoms with E-state index in [1.807, 2.05) is 0 Å². The van der Waals surface area contributed by atoms with Gasteiger partial charge < -0.3 is 44.2 Å². The fourth-order valence-corrected chi connectivity index (χ4v) is 14.2. The maximum Gasteiger partial charge on any atom is 0.260 e. The molecule has 0 radical (unpaired) electrons. The monoisotopic (exact) mass is 1230 g/mol. The van der Waals surface area contributed by atoms with Crippen LogP contribution < -0.4 is 14.2 Å². The maximum atomic E-state index is 13.9. The molecule has 3 heterocycles. The Balaban J connectivity index is 0.000000181. The van der Waals surface area contributed by atoms with Gasteiger partial charge in [0.25, 0.3) is 17.7 Å². The molecule has 3 saturated heterocycles. The number of likely N-dealkylation sites (tertiary alicyclic amines) is 3. The van der Waals surface area contributed by atoms with E-state index in [4.69, 9.17) is 29.5 Å². The molecule has 6 aromatic rings. The van der Waals surface area contributed by atoms with Gasteiger partial charge in [-0.1, -0.05) is 36.4 Å². The Labute approximate surface area is 480 Å². The van der Waals surface area contributed by atoms with Crippen molar-refractivity contribution in [3.63, 3.8) is 0 Å². The Morgan fingerprint density at radius 1 is 0.405 bits per heavy atom. The van der Waals surface area contributed by atoms with Crippen molar-refractivity contribution >= 4 is 47.2 Å². The molecular weight excluding hydrogens is 1180 g/mol. The van der Waals surface area contributed by atoms with E-state index in [9.17, 15) is 66.0 Å². The van der Waals surface area contributed by atoms with Gasteiger partial charge in [-0.25, -0.2) is 51.6 Å². The minimum absolute atomic E-state index is 0.0347. The van der Waals surface area contributed by atoms with E-state index in [1.54, 1.807) is 72.8 Å². The van der Waals surface area contributed by atoms with E-state index >= 15 is 0 Å². The standard InChI is InChI=1S/3C19H19F2NO5S/c20-14-3-6-18(17(21)9-14)28(25,26)16-7-8-22(10-16)19(24)12-27-15-4-1-13(11-23)2-5-15;20-14-7-15(21)9-18(8-14)28(25,26)17-5-6-22(10-17)19(24)12-27-16-3-1-13(11-23)2-4-16;20-17-6-5-15(9-18(17)21)28(25,26)16-7-8-22(10-16)19(24)12-27-14-3-1-13(11-23)2-4-14/h1-6,9,16,23H,7-8,10-12H2;1-4,7-9,17,23H,5-6,10-12H2;1-6,9,16,23H,7-8,10-12H2. The minimum Gasteiger partial charge on any atom is -0.484 e. The third kappa shape index (κ3) is 16.4. The molecule has 6 aromatic carbocycles. The molecule has 0 saturated carbocycles. The van der Waals surface area contributed by atoms with Gasteiger partial charge in [0.1, 0.15) is 45.4 Å². The summed E-state index contributed by atoms with van der Waals surface area (Å²) in [5.74, 6) is -6.06. The summed E-state index contributed by atoms with van der Waals surface area (Å²) in [5, 5.41) is 24.2. The third-order valence-electron chi connectivity index (χ3n) is 13.8. The lowest BCUT2D eigenvalue weighted by atomic mass is 10.2. The number of ether oxygens (including phenoxy) is 3. The Morgan fingerprint density at radius 3 is 1.13 bits per heavy atom. The van der Waals surface area contributed by atoms with Crippen molar-refractivity contribution < 1.29 is 95.5 Å². The average molecular weight is 1230 g/mol. The SMILES string of the molecule is O=C(COc1ccc(CO)cc1)N1CCC(S(=O)(=O)c2cc(F)cc(F)c2)C1.O=C(COc1ccc(CO)cc1)N1CCC(S(=O)(=O)c2ccc(F)c(F)c2)C1.O=C(COc1ccc(CO)cc1)N1CCC(S(=O)(=O)c2ccc(F)cc2F)C1. The van der Waals surface area contributed by atoms with E-state index in [1.165, 1.54) is 14.7 Å². The lowest BCUT2D eigenvalue weighted by molar-refractivity contribution is -0.133. The molecule has 18 nitrogen and oxygen atoms in total. The Hall–Kier alpha value is -7.56. The molecule has 27 heteroatoms. The van der Waals surface area contributed by atoms with Gasteiger partial charge in [-0.15, -0.1) is 0 Å². The Kier molecular flexibility index (Phi) is 21.6. The van der Waals surface area contributed by atoms with E-state index in [0.717, 1.165) is 36.4 Å². The molecule has 3 atom stereocenters. The van der Waals surface area contributed by atoms with E-state index in [0.29, 0.717) is 52.1 Å². The number of benzene rings is 6. The zero-order valence-electron chi connectivity index (χ0n) is 44.5. The number of halogens is 6. The van der Waals surface area contributed by atoms with Crippen LogP contribution in [0.1, 0.15) is 36.0 Å². The first-order valence-corrected chi connectivity index (χ1v) is 30.4. The minimum atomic E-state index is -4.03. The van der Waals surface area contributed by atoms with Crippen LogP contribution in [0.4, 0.5) is 26.3 Å². The van der Waals surface area contributed by atoms with Crippen LogP contribution in [0.5, 0.6) is 17.2 Å². The number of carbonyl (C=O) groups is 3. The highest BCUT2D eigenvalue weighted by molar-refractivity contribution is 7.92. The average Bonchev–Trinajstić information content (AvgIpc) is 2.83. The molecule has 3 amide bonds. The van der Waals surface area contributed by atoms with E-state index in [-0.39, 0.29) is 121 Å². The van der Waals surface area contributed by atoms with E-state index in [2.05, 4.69) is 0 Å². The highest BCUT2D eigenvalue weighted by Crippen LogP contribution is 2.29. The van der Waals surface area contributed by atoms with Crippen molar-refractivity contribution in [1.29, 1.82) is 0 Å². The van der Waals surface area contributed by atoms with Gasteiger partial charge in [-0.2, -0.15) is 0 Å². The number of aliphatic hydroxyl groups is 3. The largest absolute Gasteiger partial charge is 0.484 e. The second-order valence-electron chi connectivity index (χ2n) is 19.4. The van der Waals surface area contributed by atoms with Crippen molar-refractivity contribution in [2.45, 2.75) is 69.5 Å². The van der Waals surface area contributed by atoms with Gasteiger partial charge in [-0.3, -0.25) is 14.4 Å². The molecule has 450 valence electrons. The third-order valence-corrected chi connectivity index (χ3v) is 20.3. The predicted octanol–water partition coefficient (Wildman–Crippen LogP) is 5.73. The number of hydrogen-bond donors (Lipinski definition) is 3. The molecule has 3 N–H and O–H groups in total. The summed E-state index contributed by atoms with van der Waals surface area (Å²) >= 11 is 0. The normalized spacial score (nSPS) is 17.0. The van der Waals surface area contributed by atoms with Crippen LogP contribution in [0.2, 0.25) is 0 Å². The second-order valence-corrected chi connectivity index (χ2v) is 26.1. The van der Waals surface area contributed by atoms with Gasteiger partial charge in [0, 0.05) is 51.4 Å². The smallest absolute Gasteiger partial charge is 0.260 e. The molecule has 9 rings (SSSR count). The number of carbonyl (C=O) groups excluding carboxylic acids is 3. The summed E-state index contributed by atoms with van der Waals surface area (Å²) in [7, 11) is -11.9.